The summed E-state index contributed by atoms with van der Waals surface area (Å²) in [5.74, 6) is 0. The van der Waals surface area contributed by atoms with Gasteiger partial charge in [-0.05, 0) is 26.9 Å². The van der Waals surface area contributed by atoms with Gasteiger partial charge in [0.15, 0.2) is 0 Å². The Hall–Kier alpha value is -0.590. The molecule has 1 atom stereocenters. The van der Waals surface area contributed by atoms with Crippen molar-refractivity contribution in [1.29, 1.82) is 5.26 Å². The van der Waals surface area contributed by atoms with Crippen molar-refractivity contribution < 1.29 is 0 Å². The Morgan fingerprint density at radius 1 is 1.64 bits per heavy atom. The molecule has 0 aliphatic heterocycles. The van der Waals surface area contributed by atoms with Crippen LogP contribution in [0.25, 0.3) is 0 Å². The Bertz CT molecular complexity index is 151. The third kappa shape index (κ3) is 3.35. The molecule has 3 nitrogen and oxygen atoms in total. The zero-order valence-corrected chi connectivity index (χ0v) is 7.17. The van der Waals surface area contributed by atoms with Crippen LogP contribution < -0.4 is 5.32 Å². The van der Waals surface area contributed by atoms with Gasteiger partial charge in [0.05, 0.1) is 6.07 Å². The Labute approximate surface area is 68.0 Å². The van der Waals surface area contributed by atoms with Gasteiger partial charge >= 0.3 is 0 Å². The molecule has 0 bridgehead atoms. The van der Waals surface area contributed by atoms with E-state index in [1.807, 2.05) is 19.0 Å². The van der Waals surface area contributed by atoms with E-state index in [1.165, 1.54) is 12.8 Å². The fourth-order valence-electron chi connectivity index (χ4n) is 1.03. The van der Waals surface area contributed by atoms with Crippen molar-refractivity contribution in [2.45, 2.75) is 24.9 Å². The van der Waals surface area contributed by atoms with Gasteiger partial charge in [0.2, 0.25) is 0 Å². The zero-order valence-electron chi connectivity index (χ0n) is 7.17. The number of nitrogens with zero attached hydrogens (tertiary/aromatic N) is 2. The van der Waals surface area contributed by atoms with Crippen molar-refractivity contribution in [2.24, 2.45) is 0 Å². The largest absolute Gasteiger partial charge is 0.307 e. The molecule has 0 radical (unpaired) electrons. The van der Waals surface area contributed by atoms with E-state index in [2.05, 4.69) is 11.4 Å². The van der Waals surface area contributed by atoms with Crippen LogP contribution in [0.2, 0.25) is 0 Å². The molecule has 0 saturated heterocycles. The van der Waals surface area contributed by atoms with Crippen molar-refractivity contribution >= 4 is 0 Å². The van der Waals surface area contributed by atoms with Gasteiger partial charge in [0.25, 0.3) is 0 Å². The van der Waals surface area contributed by atoms with Crippen LogP contribution in [0.5, 0.6) is 0 Å². The Balaban J connectivity index is 2.19. The summed E-state index contributed by atoms with van der Waals surface area (Å²) in [6, 6.07) is 2.89. The first-order valence-corrected chi connectivity index (χ1v) is 4.03. The molecule has 0 aromatic heterocycles. The van der Waals surface area contributed by atoms with Gasteiger partial charge < -0.3 is 4.90 Å². The lowest BCUT2D eigenvalue weighted by molar-refractivity contribution is 0.369. The summed E-state index contributed by atoms with van der Waals surface area (Å²) in [6.45, 7) is 0.812. The van der Waals surface area contributed by atoms with E-state index in [0.717, 1.165) is 6.54 Å². The molecule has 1 aliphatic rings. The fraction of sp³-hybridized carbons (Fsp3) is 0.875. The third-order valence-electron chi connectivity index (χ3n) is 1.72. The lowest BCUT2D eigenvalue weighted by Gasteiger charge is -2.15. The van der Waals surface area contributed by atoms with Crippen LogP contribution in [0, 0.1) is 11.3 Å². The van der Waals surface area contributed by atoms with Crippen LogP contribution >= 0.6 is 0 Å². The van der Waals surface area contributed by atoms with Crippen molar-refractivity contribution in [1.82, 2.24) is 10.2 Å². The highest BCUT2D eigenvalue weighted by Gasteiger charge is 2.24. The van der Waals surface area contributed by atoms with Gasteiger partial charge in [-0.2, -0.15) is 5.26 Å². The van der Waals surface area contributed by atoms with Gasteiger partial charge in [-0.1, -0.05) is 0 Å². The predicted molar refractivity (Wildman–Crippen MR) is 44.1 cm³/mol. The van der Waals surface area contributed by atoms with Crippen molar-refractivity contribution in [3.8, 4) is 6.07 Å². The normalized spacial score (nSPS) is 19.8. The molecule has 62 valence electrons. The second-order valence-electron chi connectivity index (χ2n) is 3.38. The number of nitrogens with one attached hydrogen (secondary N) is 1. The second kappa shape index (κ2) is 3.70. The van der Waals surface area contributed by atoms with E-state index >= 15 is 0 Å². The number of hydrogen-bond donors (Lipinski definition) is 1. The Kier molecular flexibility index (Phi) is 2.86. The number of likely N-dealkylation sites (N-methyl/N-ethyl adjacent to an activating group) is 1. The first kappa shape index (κ1) is 8.51. The Morgan fingerprint density at radius 2 is 2.27 bits per heavy atom. The maximum atomic E-state index is 8.71. The lowest BCUT2D eigenvalue weighted by atomic mass is 10.3. The summed E-state index contributed by atoms with van der Waals surface area (Å²) < 4.78 is 0. The van der Waals surface area contributed by atoms with Gasteiger partial charge in [0.1, 0.15) is 6.04 Å². The zero-order chi connectivity index (χ0) is 8.27. The smallest absolute Gasteiger partial charge is 0.108 e. The first-order valence-electron chi connectivity index (χ1n) is 4.03. The molecule has 11 heavy (non-hydrogen) atoms. The fourth-order valence-corrected chi connectivity index (χ4v) is 1.03. The average molecular weight is 153 g/mol. The Morgan fingerprint density at radius 3 is 2.64 bits per heavy atom. The van der Waals surface area contributed by atoms with Crippen LogP contribution in [-0.2, 0) is 0 Å². The molecular formula is C8H15N3. The standard InChI is InChI=1S/C8H15N3/c1-11(2)6-8(5-9)10-7-3-4-7/h7-8,10H,3-4,6H2,1-2H3. The highest BCUT2D eigenvalue weighted by Crippen LogP contribution is 2.19. The first-order chi connectivity index (χ1) is 5.22. The van der Waals surface area contributed by atoms with Gasteiger partial charge in [-0.15, -0.1) is 0 Å². The molecule has 0 heterocycles. The molecule has 3 heteroatoms. The summed E-state index contributed by atoms with van der Waals surface area (Å²) in [6.07, 6.45) is 2.48. The minimum atomic E-state index is 0.0116. The van der Waals surface area contributed by atoms with E-state index < -0.39 is 0 Å². The van der Waals surface area contributed by atoms with Crippen molar-refractivity contribution in [3.63, 3.8) is 0 Å². The second-order valence-corrected chi connectivity index (χ2v) is 3.38. The van der Waals surface area contributed by atoms with Gasteiger partial charge in [-0.3, -0.25) is 5.32 Å². The van der Waals surface area contributed by atoms with E-state index in [9.17, 15) is 0 Å². The maximum Gasteiger partial charge on any atom is 0.108 e. The molecule has 1 N–H and O–H groups in total. The van der Waals surface area contributed by atoms with Crippen molar-refractivity contribution in [3.05, 3.63) is 0 Å². The minimum Gasteiger partial charge on any atom is -0.307 e. The molecule has 1 saturated carbocycles. The molecule has 0 aromatic carbocycles. The number of hydrogen-bond acceptors (Lipinski definition) is 3. The third-order valence-corrected chi connectivity index (χ3v) is 1.72. The molecule has 0 spiro atoms. The summed E-state index contributed by atoms with van der Waals surface area (Å²) in [5.41, 5.74) is 0. The number of rotatable bonds is 4. The SMILES string of the molecule is CN(C)CC(C#N)NC1CC1. The molecular weight excluding hydrogens is 138 g/mol. The highest BCUT2D eigenvalue weighted by molar-refractivity contribution is 4.96. The molecule has 1 aliphatic carbocycles. The van der Waals surface area contributed by atoms with Crippen LogP contribution in [0.4, 0.5) is 0 Å². The van der Waals surface area contributed by atoms with Crippen molar-refractivity contribution in [2.75, 3.05) is 20.6 Å². The van der Waals surface area contributed by atoms with Crippen LogP contribution in [0.3, 0.4) is 0 Å². The molecule has 1 rings (SSSR count). The topological polar surface area (TPSA) is 39.1 Å². The van der Waals surface area contributed by atoms with E-state index in [4.69, 9.17) is 5.26 Å². The highest BCUT2D eigenvalue weighted by atomic mass is 15.1. The molecule has 0 aromatic rings. The summed E-state index contributed by atoms with van der Waals surface area (Å²) in [7, 11) is 3.97. The summed E-state index contributed by atoms with van der Waals surface area (Å²) in [5, 5.41) is 12.0. The quantitative estimate of drug-likeness (QED) is 0.626. The molecule has 1 fully saturated rings. The van der Waals surface area contributed by atoms with Crippen LogP contribution in [-0.4, -0.2) is 37.6 Å². The van der Waals surface area contributed by atoms with Gasteiger partial charge in [0, 0.05) is 12.6 Å². The predicted octanol–water partition coefficient (Wildman–Crippen LogP) is 0.192. The monoisotopic (exact) mass is 153 g/mol. The van der Waals surface area contributed by atoms with E-state index in [-0.39, 0.29) is 6.04 Å². The van der Waals surface area contributed by atoms with Gasteiger partial charge in [-0.25, -0.2) is 0 Å². The lowest BCUT2D eigenvalue weighted by Crippen LogP contribution is -2.38. The number of nitriles is 1. The summed E-state index contributed by atoms with van der Waals surface area (Å²) in [4.78, 5) is 2.03. The minimum absolute atomic E-state index is 0.0116. The van der Waals surface area contributed by atoms with E-state index in [0.29, 0.717) is 6.04 Å². The van der Waals surface area contributed by atoms with Crippen LogP contribution in [0.1, 0.15) is 12.8 Å². The summed E-state index contributed by atoms with van der Waals surface area (Å²) >= 11 is 0. The maximum absolute atomic E-state index is 8.71. The average Bonchev–Trinajstić information content (AvgIpc) is 2.69. The van der Waals surface area contributed by atoms with Crippen LogP contribution in [0.15, 0.2) is 0 Å². The van der Waals surface area contributed by atoms with E-state index in [1.54, 1.807) is 0 Å². The molecule has 0 amide bonds. The molecule has 1 unspecified atom stereocenters.